The second-order valence-corrected chi connectivity index (χ2v) is 7.30. The smallest absolute Gasteiger partial charge is 0.320 e. The van der Waals surface area contributed by atoms with Crippen LogP contribution in [0.4, 0.5) is 26.2 Å². The SMILES string of the molecule is O=CC1CCC(Oc2ccc(NC(=O)c3nnc(Nc4ccc(F)c(F)c4)o3)cn2)CC1. The highest BCUT2D eigenvalue weighted by Crippen LogP contribution is 2.26. The van der Waals surface area contributed by atoms with Gasteiger partial charge >= 0.3 is 17.8 Å². The minimum atomic E-state index is -1.04. The van der Waals surface area contributed by atoms with Crippen molar-refractivity contribution in [3.05, 3.63) is 54.1 Å². The van der Waals surface area contributed by atoms with E-state index in [9.17, 15) is 18.4 Å². The van der Waals surface area contributed by atoms with Gasteiger partial charge in [0.2, 0.25) is 5.88 Å². The molecule has 0 bridgehead atoms. The normalized spacial score (nSPS) is 18.1. The number of aldehydes is 1. The fourth-order valence-electron chi connectivity index (χ4n) is 3.28. The number of amides is 1. The largest absolute Gasteiger partial charge is 0.474 e. The third-order valence-corrected chi connectivity index (χ3v) is 4.98. The van der Waals surface area contributed by atoms with Gasteiger partial charge in [0, 0.05) is 23.7 Å². The molecule has 1 saturated carbocycles. The lowest BCUT2D eigenvalue weighted by atomic mass is 9.88. The molecule has 0 aliphatic heterocycles. The third-order valence-electron chi connectivity index (χ3n) is 4.98. The molecule has 2 heterocycles. The van der Waals surface area contributed by atoms with Crippen molar-refractivity contribution in [3.8, 4) is 5.88 Å². The highest BCUT2D eigenvalue weighted by molar-refractivity contribution is 6.00. The van der Waals surface area contributed by atoms with Gasteiger partial charge in [0.25, 0.3) is 0 Å². The maximum atomic E-state index is 13.3. The molecule has 9 nitrogen and oxygen atoms in total. The van der Waals surface area contributed by atoms with Crippen LogP contribution in [0.5, 0.6) is 5.88 Å². The summed E-state index contributed by atoms with van der Waals surface area (Å²) in [5.74, 6) is -2.50. The van der Waals surface area contributed by atoms with Gasteiger partial charge in [-0.05, 0) is 43.9 Å². The van der Waals surface area contributed by atoms with Crippen LogP contribution in [0.1, 0.15) is 36.4 Å². The molecule has 1 aromatic carbocycles. The molecular weight excluding hydrogens is 424 g/mol. The number of rotatable bonds is 7. The van der Waals surface area contributed by atoms with Gasteiger partial charge in [-0.25, -0.2) is 13.8 Å². The average molecular weight is 443 g/mol. The molecule has 1 aliphatic carbocycles. The topological polar surface area (TPSA) is 119 Å². The number of hydrogen-bond donors (Lipinski definition) is 2. The maximum Gasteiger partial charge on any atom is 0.320 e. The molecule has 0 spiro atoms. The zero-order valence-electron chi connectivity index (χ0n) is 16.8. The zero-order valence-corrected chi connectivity index (χ0v) is 16.8. The van der Waals surface area contributed by atoms with Crippen molar-refractivity contribution in [2.24, 2.45) is 5.92 Å². The first-order valence-electron chi connectivity index (χ1n) is 9.95. The van der Waals surface area contributed by atoms with Gasteiger partial charge in [0.1, 0.15) is 12.4 Å². The summed E-state index contributed by atoms with van der Waals surface area (Å²) in [6, 6.07) is 6.23. The van der Waals surface area contributed by atoms with Crippen molar-refractivity contribution in [3.63, 3.8) is 0 Å². The highest BCUT2D eigenvalue weighted by atomic mass is 19.2. The summed E-state index contributed by atoms with van der Waals surface area (Å²) < 4.78 is 37.3. The van der Waals surface area contributed by atoms with Crippen LogP contribution >= 0.6 is 0 Å². The predicted molar refractivity (Wildman–Crippen MR) is 109 cm³/mol. The van der Waals surface area contributed by atoms with E-state index in [1.807, 2.05) is 0 Å². The predicted octanol–water partition coefficient (Wildman–Crippen LogP) is 3.88. The summed E-state index contributed by atoms with van der Waals surface area (Å²) in [5.41, 5.74) is 0.569. The van der Waals surface area contributed by atoms with Gasteiger partial charge in [-0.1, -0.05) is 5.10 Å². The fraction of sp³-hybridized carbons (Fsp3) is 0.286. The van der Waals surface area contributed by atoms with Crippen LogP contribution in [0.15, 0.2) is 40.9 Å². The number of hydrogen-bond acceptors (Lipinski definition) is 8. The quantitative estimate of drug-likeness (QED) is 0.528. The number of ether oxygens (including phenoxy) is 1. The van der Waals surface area contributed by atoms with Crippen molar-refractivity contribution < 1.29 is 27.5 Å². The Labute approximate surface area is 181 Å². The van der Waals surface area contributed by atoms with Crippen LogP contribution in [0.25, 0.3) is 0 Å². The van der Waals surface area contributed by atoms with E-state index in [-0.39, 0.29) is 29.6 Å². The van der Waals surface area contributed by atoms with E-state index in [2.05, 4.69) is 25.8 Å². The third kappa shape index (κ3) is 5.23. The van der Waals surface area contributed by atoms with Gasteiger partial charge in [-0.3, -0.25) is 4.79 Å². The molecule has 0 saturated heterocycles. The molecule has 2 N–H and O–H groups in total. The van der Waals surface area contributed by atoms with Gasteiger partial charge < -0.3 is 24.6 Å². The molecule has 1 amide bonds. The molecule has 1 aliphatic rings. The Hall–Kier alpha value is -3.89. The highest BCUT2D eigenvalue weighted by Gasteiger charge is 2.22. The number of halogens is 2. The number of nitrogens with zero attached hydrogens (tertiary/aromatic N) is 3. The average Bonchev–Trinajstić information content (AvgIpc) is 3.27. The Kier molecular flexibility index (Phi) is 6.34. The molecule has 166 valence electrons. The summed E-state index contributed by atoms with van der Waals surface area (Å²) in [6.45, 7) is 0. The van der Waals surface area contributed by atoms with Crippen molar-refractivity contribution in [2.45, 2.75) is 31.8 Å². The second kappa shape index (κ2) is 9.50. The van der Waals surface area contributed by atoms with E-state index in [1.54, 1.807) is 12.1 Å². The van der Waals surface area contributed by atoms with Crippen LogP contribution in [0, 0.1) is 17.6 Å². The second-order valence-electron chi connectivity index (χ2n) is 7.30. The summed E-state index contributed by atoms with van der Waals surface area (Å²) in [4.78, 5) is 27.3. The lowest BCUT2D eigenvalue weighted by molar-refractivity contribution is -0.112. The molecule has 4 rings (SSSR count). The first-order chi connectivity index (χ1) is 15.5. The van der Waals surface area contributed by atoms with E-state index in [4.69, 9.17) is 9.15 Å². The Morgan fingerprint density at radius 1 is 1.06 bits per heavy atom. The Balaban J connectivity index is 1.31. The minimum Gasteiger partial charge on any atom is -0.474 e. The first kappa shape index (κ1) is 21.3. The standard InChI is InChI=1S/C21H19F2N5O4/c22-16-7-3-13(9-17(16)23)26-21-28-27-20(32-21)19(30)25-14-4-8-18(24-10-14)31-15-5-1-12(11-29)2-6-15/h3-4,7-12,15H,1-2,5-6H2,(H,25,30)(H,26,28). The molecule has 0 unspecified atom stereocenters. The lowest BCUT2D eigenvalue weighted by Gasteiger charge is -2.25. The van der Waals surface area contributed by atoms with E-state index in [1.165, 1.54) is 12.3 Å². The number of carbonyl (C=O) groups is 2. The minimum absolute atomic E-state index is 0.0121. The van der Waals surface area contributed by atoms with E-state index >= 15 is 0 Å². The van der Waals surface area contributed by atoms with Crippen LogP contribution in [-0.2, 0) is 4.79 Å². The van der Waals surface area contributed by atoms with E-state index in [0.29, 0.717) is 11.6 Å². The van der Waals surface area contributed by atoms with Crippen LogP contribution in [-0.4, -0.2) is 33.5 Å². The molecule has 32 heavy (non-hydrogen) atoms. The van der Waals surface area contributed by atoms with Crippen LogP contribution in [0.2, 0.25) is 0 Å². The number of pyridine rings is 1. The van der Waals surface area contributed by atoms with Crippen molar-refractivity contribution in [1.82, 2.24) is 15.2 Å². The van der Waals surface area contributed by atoms with Gasteiger partial charge in [0.15, 0.2) is 11.6 Å². The Bertz CT molecular complexity index is 1100. The summed E-state index contributed by atoms with van der Waals surface area (Å²) in [5, 5.41) is 12.4. The van der Waals surface area contributed by atoms with Crippen molar-refractivity contribution >= 4 is 29.6 Å². The number of aromatic nitrogens is 3. The summed E-state index contributed by atoms with van der Waals surface area (Å²) in [6.07, 6.45) is 5.64. The number of nitrogens with one attached hydrogen (secondary N) is 2. The summed E-state index contributed by atoms with van der Waals surface area (Å²) in [7, 11) is 0. The monoisotopic (exact) mass is 443 g/mol. The molecule has 0 atom stereocenters. The Morgan fingerprint density at radius 3 is 2.53 bits per heavy atom. The number of carbonyl (C=O) groups excluding carboxylic acids is 2. The van der Waals surface area contributed by atoms with Gasteiger partial charge in [0.05, 0.1) is 11.9 Å². The molecule has 11 heteroatoms. The van der Waals surface area contributed by atoms with Gasteiger partial charge in [-0.15, -0.1) is 5.10 Å². The summed E-state index contributed by atoms with van der Waals surface area (Å²) >= 11 is 0. The van der Waals surface area contributed by atoms with E-state index < -0.39 is 17.5 Å². The first-order valence-corrected chi connectivity index (χ1v) is 9.95. The number of benzene rings is 1. The molecule has 0 radical (unpaired) electrons. The molecular formula is C21H19F2N5O4. The molecule has 3 aromatic rings. The van der Waals surface area contributed by atoms with Crippen molar-refractivity contribution in [2.75, 3.05) is 10.6 Å². The van der Waals surface area contributed by atoms with E-state index in [0.717, 1.165) is 44.1 Å². The van der Waals surface area contributed by atoms with Crippen LogP contribution in [0.3, 0.4) is 0 Å². The number of anilines is 3. The maximum absolute atomic E-state index is 13.3. The molecule has 1 fully saturated rings. The lowest BCUT2D eigenvalue weighted by Crippen LogP contribution is -2.25. The van der Waals surface area contributed by atoms with Crippen LogP contribution < -0.4 is 15.4 Å². The zero-order chi connectivity index (χ0) is 22.5. The van der Waals surface area contributed by atoms with Crippen molar-refractivity contribution in [1.29, 1.82) is 0 Å². The molecule has 2 aromatic heterocycles. The Morgan fingerprint density at radius 2 is 1.84 bits per heavy atom. The fourth-order valence-corrected chi connectivity index (χ4v) is 3.28. The van der Waals surface area contributed by atoms with Gasteiger partial charge in [-0.2, -0.15) is 0 Å².